The smallest absolute Gasteiger partial charge is 0.325 e. The van der Waals surface area contributed by atoms with Crippen molar-refractivity contribution in [2.75, 3.05) is 4.90 Å². The van der Waals surface area contributed by atoms with Crippen LogP contribution in [0.15, 0.2) is 59.0 Å². The van der Waals surface area contributed by atoms with Crippen LogP contribution in [0.3, 0.4) is 0 Å². The molecule has 0 N–H and O–H groups in total. The fourth-order valence-corrected chi connectivity index (χ4v) is 1.73. The van der Waals surface area contributed by atoms with E-state index in [2.05, 4.69) is 4.98 Å². The molecule has 1 amide bonds. The minimum Gasteiger partial charge on any atom is -0.423 e. The Morgan fingerprint density at radius 3 is 2.44 bits per heavy atom. The van der Waals surface area contributed by atoms with Crippen LogP contribution in [0.1, 0.15) is 0 Å². The highest BCUT2D eigenvalue weighted by Crippen LogP contribution is 2.26. The van der Waals surface area contributed by atoms with Crippen LogP contribution in [0.25, 0.3) is 11.1 Å². The van der Waals surface area contributed by atoms with Gasteiger partial charge in [0.25, 0.3) is 0 Å². The molecule has 0 bridgehead atoms. The van der Waals surface area contributed by atoms with Gasteiger partial charge >= 0.3 is 12.4 Å². The number of hydrogen-bond acceptors (Lipinski definition) is 3. The van der Waals surface area contributed by atoms with Crippen LogP contribution in [0.2, 0.25) is 0 Å². The first-order chi connectivity index (χ1) is 8.88. The van der Waals surface area contributed by atoms with E-state index < -0.39 is 0 Å². The zero-order valence-corrected chi connectivity index (χ0v) is 9.41. The summed E-state index contributed by atoms with van der Waals surface area (Å²) < 4.78 is 5.53. The Balaban J connectivity index is 2.09. The summed E-state index contributed by atoms with van der Waals surface area (Å²) in [4.78, 5) is 16.6. The molecule has 4 heteroatoms. The molecule has 87 valence electrons. The lowest BCUT2D eigenvalue weighted by Gasteiger charge is -2.10. The van der Waals surface area contributed by atoms with Crippen molar-refractivity contribution < 1.29 is 9.21 Å². The van der Waals surface area contributed by atoms with Crippen molar-refractivity contribution in [1.82, 2.24) is 4.98 Å². The van der Waals surface area contributed by atoms with Gasteiger partial charge in [-0.3, -0.25) is 4.79 Å². The summed E-state index contributed by atoms with van der Waals surface area (Å²) in [5, 5.41) is 0. The molecule has 1 heterocycles. The predicted octanol–water partition coefficient (Wildman–Crippen LogP) is 3.03. The summed E-state index contributed by atoms with van der Waals surface area (Å²) >= 11 is 0. The quantitative estimate of drug-likeness (QED) is 0.658. The molecule has 0 aliphatic rings. The first kappa shape index (κ1) is 10.5. The third kappa shape index (κ3) is 1.73. The van der Waals surface area contributed by atoms with Crippen molar-refractivity contribution in [2.24, 2.45) is 0 Å². The molecular weight excluding hydrogens is 228 g/mol. The molecule has 3 aromatic rings. The molecule has 18 heavy (non-hydrogen) atoms. The minimum absolute atomic E-state index is 0.220. The van der Waals surface area contributed by atoms with Crippen LogP contribution >= 0.6 is 0 Å². The van der Waals surface area contributed by atoms with E-state index in [1.165, 1.54) is 4.90 Å². The molecule has 2 aromatic carbocycles. The fourth-order valence-electron chi connectivity index (χ4n) is 1.73. The first-order valence-electron chi connectivity index (χ1n) is 5.47. The summed E-state index contributed by atoms with van der Waals surface area (Å²) in [5.74, 6) is 0. The van der Waals surface area contributed by atoms with Gasteiger partial charge in [-0.1, -0.05) is 30.3 Å². The molecule has 1 radical (unpaired) electrons. The van der Waals surface area contributed by atoms with Crippen LogP contribution in [-0.4, -0.2) is 11.4 Å². The van der Waals surface area contributed by atoms with E-state index in [4.69, 9.17) is 4.42 Å². The third-order valence-corrected chi connectivity index (χ3v) is 2.58. The van der Waals surface area contributed by atoms with Crippen molar-refractivity contribution in [1.29, 1.82) is 0 Å². The summed E-state index contributed by atoms with van der Waals surface area (Å²) in [6.45, 7) is 0. The lowest BCUT2D eigenvalue weighted by atomic mass is 10.3. The highest BCUT2D eigenvalue weighted by Gasteiger charge is 2.15. The number of rotatable bonds is 3. The Bertz CT molecular complexity index is 643. The topological polar surface area (TPSA) is 46.3 Å². The molecule has 0 saturated carbocycles. The normalized spacial score (nSPS) is 10.4. The summed E-state index contributed by atoms with van der Waals surface area (Å²) in [5.41, 5.74) is 2.02. The number of aromatic nitrogens is 1. The molecule has 0 fully saturated rings. The molecule has 0 atom stereocenters. The van der Waals surface area contributed by atoms with E-state index in [1.807, 2.05) is 42.8 Å². The monoisotopic (exact) mass is 237 g/mol. The van der Waals surface area contributed by atoms with Gasteiger partial charge in [0.1, 0.15) is 5.52 Å². The lowest BCUT2D eigenvalue weighted by Crippen LogP contribution is -2.13. The number of hydrogen-bond donors (Lipinski definition) is 0. The number of para-hydroxylation sites is 3. The van der Waals surface area contributed by atoms with Gasteiger partial charge in [0.15, 0.2) is 5.58 Å². The average molecular weight is 237 g/mol. The van der Waals surface area contributed by atoms with E-state index in [0.717, 1.165) is 0 Å². The Morgan fingerprint density at radius 1 is 1.00 bits per heavy atom. The first-order valence-corrected chi connectivity index (χ1v) is 5.47. The Morgan fingerprint density at radius 2 is 1.72 bits per heavy atom. The average Bonchev–Trinajstić information content (AvgIpc) is 2.84. The van der Waals surface area contributed by atoms with Crippen molar-refractivity contribution >= 4 is 29.2 Å². The van der Waals surface area contributed by atoms with Crippen LogP contribution in [-0.2, 0) is 4.79 Å². The predicted molar refractivity (Wildman–Crippen MR) is 68.3 cm³/mol. The van der Waals surface area contributed by atoms with Gasteiger partial charge in [-0.25, -0.2) is 4.90 Å². The number of anilines is 2. The Labute approximate surface area is 103 Å². The second-order valence-corrected chi connectivity index (χ2v) is 3.73. The van der Waals surface area contributed by atoms with Crippen LogP contribution < -0.4 is 4.90 Å². The molecular formula is C14H9N2O2. The third-order valence-electron chi connectivity index (χ3n) is 2.58. The highest BCUT2D eigenvalue weighted by molar-refractivity contribution is 5.86. The standard InChI is InChI=1S/C14H9N2O2/c17-10-16(11-6-2-1-3-7-11)14-15-12-8-4-5-9-13(12)18-14/h1-9H. The second-order valence-electron chi connectivity index (χ2n) is 3.73. The van der Waals surface area contributed by atoms with Gasteiger partial charge in [-0.15, -0.1) is 0 Å². The molecule has 0 saturated heterocycles. The zero-order valence-electron chi connectivity index (χ0n) is 9.41. The van der Waals surface area contributed by atoms with E-state index in [0.29, 0.717) is 16.8 Å². The largest absolute Gasteiger partial charge is 0.423 e. The summed E-state index contributed by atoms with van der Waals surface area (Å²) in [7, 11) is 0. The van der Waals surface area contributed by atoms with Gasteiger partial charge in [0, 0.05) is 0 Å². The van der Waals surface area contributed by atoms with Crippen molar-refractivity contribution in [3.05, 3.63) is 54.6 Å². The number of nitrogens with zero attached hydrogens (tertiary/aromatic N) is 2. The second kappa shape index (κ2) is 4.33. The number of carbonyl (C=O) groups excluding carboxylic acids is 1. The number of oxazole rings is 1. The summed E-state index contributed by atoms with van der Waals surface area (Å²) in [6.07, 6.45) is 1.82. The lowest BCUT2D eigenvalue weighted by molar-refractivity contribution is 0.546. The van der Waals surface area contributed by atoms with Gasteiger partial charge in [-0.2, -0.15) is 4.98 Å². The van der Waals surface area contributed by atoms with E-state index in [9.17, 15) is 4.79 Å². The van der Waals surface area contributed by atoms with Crippen LogP contribution in [0.4, 0.5) is 11.7 Å². The van der Waals surface area contributed by atoms with E-state index >= 15 is 0 Å². The molecule has 4 nitrogen and oxygen atoms in total. The molecule has 0 aliphatic heterocycles. The van der Waals surface area contributed by atoms with Gasteiger partial charge in [-0.05, 0) is 24.3 Å². The maximum absolute atomic E-state index is 11.1. The molecule has 0 aliphatic carbocycles. The zero-order chi connectivity index (χ0) is 12.4. The van der Waals surface area contributed by atoms with Crippen LogP contribution in [0, 0.1) is 0 Å². The number of benzene rings is 2. The van der Waals surface area contributed by atoms with Gasteiger partial charge in [0.05, 0.1) is 5.69 Å². The number of fused-ring (bicyclic) bond motifs is 1. The molecule has 3 rings (SSSR count). The fraction of sp³-hybridized carbons (Fsp3) is 0. The highest BCUT2D eigenvalue weighted by atomic mass is 16.4. The molecule has 0 spiro atoms. The maximum Gasteiger partial charge on any atom is 0.325 e. The van der Waals surface area contributed by atoms with E-state index in [1.54, 1.807) is 18.2 Å². The van der Waals surface area contributed by atoms with Crippen LogP contribution in [0.5, 0.6) is 0 Å². The van der Waals surface area contributed by atoms with Crippen molar-refractivity contribution in [3.8, 4) is 0 Å². The molecule has 0 unspecified atom stereocenters. The minimum atomic E-state index is 0.220. The Kier molecular flexibility index (Phi) is 2.53. The Hall–Kier alpha value is -2.62. The maximum atomic E-state index is 11.1. The summed E-state index contributed by atoms with van der Waals surface area (Å²) in [6, 6.07) is 16.7. The SMILES string of the molecule is O=[C]N(c1ccccc1)c1nc2ccccc2o1. The van der Waals surface area contributed by atoms with Gasteiger partial charge < -0.3 is 4.42 Å². The molecule has 1 aromatic heterocycles. The van der Waals surface area contributed by atoms with E-state index in [-0.39, 0.29) is 6.01 Å². The van der Waals surface area contributed by atoms with Crippen molar-refractivity contribution in [2.45, 2.75) is 0 Å². The van der Waals surface area contributed by atoms with Crippen molar-refractivity contribution in [3.63, 3.8) is 0 Å². The number of amides is 1. The van der Waals surface area contributed by atoms with Gasteiger partial charge in [0.2, 0.25) is 0 Å².